The predicted octanol–water partition coefficient (Wildman–Crippen LogP) is 4.54. The average Bonchev–Trinajstić information content (AvgIpc) is 2.96. The maximum Gasteiger partial charge on any atom is 0.336 e. The van der Waals surface area contributed by atoms with Gasteiger partial charge in [-0.3, -0.25) is 9.69 Å². The molecule has 1 unspecified atom stereocenters. The smallest absolute Gasteiger partial charge is 0.336 e. The molecule has 2 aromatic carbocycles. The topological polar surface area (TPSA) is 46.6 Å². The Kier molecular flexibility index (Phi) is 4.25. The fraction of sp³-hybridized carbons (Fsp3) is 0.158. The van der Waals surface area contributed by atoms with E-state index < -0.39 is 0 Å². The van der Waals surface area contributed by atoms with Crippen molar-refractivity contribution in [2.75, 3.05) is 11.5 Å². The summed E-state index contributed by atoms with van der Waals surface area (Å²) in [5, 5.41) is 0. The van der Waals surface area contributed by atoms with Crippen molar-refractivity contribution >= 4 is 49.4 Å². The Balaban J connectivity index is 1.84. The van der Waals surface area contributed by atoms with E-state index >= 15 is 0 Å². The predicted molar refractivity (Wildman–Crippen MR) is 101 cm³/mol. The number of anilines is 1. The normalized spacial score (nSPS) is 19.9. The van der Waals surface area contributed by atoms with Crippen molar-refractivity contribution in [2.45, 2.75) is 12.3 Å². The van der Waals surface area contributed by atoms with Gasteiger partial charge in [-0.15, -0.1) is 0 Å². The number of cyclic esters (lactones) is 1. The Morgan fingerprint density at radius 3 is 2.44 bits per heavy atom. The number of amides is 1. The van der Waals surface area contributed by atoms with Gasteiger partial charge in [-0.05, 0) is 35.9 Å². The summed E-state index contributed by atoms with van der Waals surface area (Å²) in [4.78, 5) is 26.9. The summed E-state index contributed by atoms with van der Waals surface area (Å²) in [5.41, 5.74) is 2.89. The molecule has 0 spiro atoms. The van der Waals surface area contributed by atoms with E-state index in [2.05, 4.69) is 31.9 Å². The summed E-state index contributed by atoms with van der Waals surface area (Å²) in [6.45, 7) is 0.122. The molecule has 0 aromatic heterocycles. The minimum atomic E-state index is -0.340. The van der Waals surface area contributed by atoms with Crippen LogP contribution in [0.3, 0.4) is 0 Å². The highest BCUT2D eigenvalue weighted by Crippen LogP contribution is 2.42. The zero-order valence-corrected chi connectivity index (χ0v) is 16.2. The Labute approximate surface area is 161 Å². The number of halogens is 2. The number of ether oxygens (including phenoxy) is 1. The maximum atomic E-state index is 12.9. The molecule has 2 heterocycles. The minimum Gasteiger partial charge on any atom is -0.456 e. The van der Waals surface area contributed by atoms with Crippen molar-refractivity contribution in [3.8, 4) is 0 Å². The van der Waals surface area contributed by atoms with Crippen molar-refractivity contribution in [1.29, 1.82) is 0 Å². The highest BCUT2D eigenvalue weighted by Gasteiger charge is 2.42. The van der Waals surface area contributed by atoms with Gasteiger partial charge in [-0.1, -0.05) is 50.1 Å². The van der Waals surface area contributed by atoms with Crippen LogP contribution in [0.15, 0.2) is 68.7 Å². The second kappa shape index (κ2) is 6.42. The summed E-state index contributed by atoms with van der Waals surface area (Å²) in [5.74, 6) is -0.661. The van der Waals surface area contributed by atoms with E-state index in [-0.39, 0.29) is 30.8 Å². The molecular weight excluding hydrogens is 450 g/mol. The number of benzene rings is 2. The van der Waals surface area contributed by atoms with E-state index in [1.807, 2.05) is 48.5 Å². The summed E-state index contributed by atoms with van der Waals surface area (Å²) in [6.07, 6.45) is 0.233. The van der Waals surface area contributed by atoms with Crippen LogP contribution in [0.4, 0.5) is 5.69 Å². The Hall–Kier alpha value is -1.92. The molecule has 0 radical (unpaired) electrons. The van der Waals surface area contributed by atoms with E-state index in [0.717, 1.165) is 20.2 Å². The molecule has 1 atom stereocenters. The summed E-state index contributed by atoms with van der Waals surface area (Å²) >= 11 is 6.89. The fourth-order valence-corrected chi connectivity index (χ4v) is 4.18. The third kappa shape index (κ3) is 2.93. The molecule has 126 valence electrons. The van der Waals surface area contributed by atoms with Gasteiger partial charge >= 0.3 is 5.97 Å². The third-order valence-electron chi connectivity index (χ3n) is 4.43. The molecule has 2 aliphatic heterocycles. The maximum absolute atomic E-state index is 12.9. The highest BCUT2D eigenvalue weighted by molar-refractivity contribution is 9.10. The lowest BCUT2D eigenvalue weighted by Crippen LogP contribution is -2.37. The first kappa shape index (κ1) is 16.5. The van der Waals surface area contributed by atoms with Crippen molar-refractivity contribution in [2.24, 2.45) is 0 Å². The van der Waals surface area contributed by atoms with E-state index in [0.29, 0.717) is 11.3 Å². The van der Waals surface area contributed by atoms with Crippen LogP contribution < -0.4 is 4.90 Å². The van der Waals surface area contributed by atoms with Crippen LogP contribution in [0.25, 0.3) is 0 Å². The SMILES string of the molecule is O=C1OCC2=C1C(c1cccc(Br)c1)CC(=O)N2c1cccc(Br)c1. The monoisotopic (exact) mass is 461 g/mol. The molecule has 6 heteroatoms. The standard InChI is InChI=1S/C19H13Br2NO3/c20-12-4-1-3-11(7-12)15-9-17(23)22(14-6-2-5-13(21)8-14)16-10-25-19(24)18(15)16/h1-8,15H,9-10H2. The number of carbonyl (C=O) groups excluding carboxylic acids is 2. The molecule has 0 aliphatic carbocycles. The molecule has 0 N–H and O–H groups in total. The van der Waals surface area contributed by atoms with Gasteiger partial charge in [-0.25, -0.2) is 4.79 Å². The van der Waals surface area contributed by atoms with Gasteiger partial charge in [0.25, 0.3) is 0 Å². The number of esters is 1. The van der Waals surface area contributed by atoms with E-state index in [4.69, 9.17) is 4.74 Å². The van der Waals surface area contributed by atoms with Gasteiger partial charge < -0.3 is 4.74 Å². The summed E-state index contributed by atoms with van der Waals surface area (Å²) in [7, 11) is 0. The number of hydrogen-bond donors (Lipinski definition) is 0. The second-order valence-electron chi connectivity index (χ2n) is 5.96. The lowest BCUT2D eigenvalue weighted by molar-refractivity contribution is -0.136. The Morgan fingerprint density at radius 2 is 1.72 bits per heavy atom. The zero-order valence-electron chi connectivity index (χ0n) is 13.0. The van der Waals surface area contributed by atoms with E-state index in [1.165, 1.54) is 0 Å². The minimum absolute atomic E-state index is 0.0416. The lowest BCUT2D eigenvalue weighted by atomic mass is 9.84. The molecular formula is C19H13Br2NO3. The van der Waals surface area contributed by atoms with E-state index in [1.54, 1.807) is 4.90 Å². The Morgan fingerprint density at radius 1 is 1.00 bits per heavy atom. The van der Waals surface area contributed by atoms with Gasteiger partial charge in [-0.2, -0.15) is 0 Å². The second-order valence-corrected chi connectivity index (χ2v) is 7.79. The van der Waals surface area contributed by atoms with Crippen LogP contribution in [-0.2, 0) is 14.3 Å². The van der Waals surface area contributed by atoms with Crippen LogP contribution in [0.5, 0.6) is 0 Å². The van der Waals surface area contributed by atoms with Gasteiger partial charge in [0, 0.05) is 27.0 Å². The largest absolute Gasteiger partial charge is 0.456 e. The van der Waals surface area contributed by atoms with Gasteiger partial charge in [0.1, 0.15) is 6.61 Å². The van der Waals surface area contributed by atoms with Gasteiger partial charge in [0.05, 0.1) is 11.3 Å². The highest BCUT2D eigenvalue weighted by atomic mass is 79.9. The van der Waals surface area contributed by atoms with E-state index in [9.17, 15) is 9.59 Å². The quantitative estimate of drug-likeness (QED) is 0.615. The zero-order chi connectivity index (χ0) is 17.6. The summed E-state index contributed by atoms with van der Waals surface area (Å²) < 4.78 is 7.07. The molecule has 1 amide bonds. The number of carbonyl (C=O) groups is 2. The molecule has 25 heavy (non-hydrogen) atoms. The van der Waals surface area contributed by atoms with Gasteiger partial charge in [0.2, 0.25) is 5.91 Å². The molecule has 0 saturated carbocycles. The molecule has 2 aromatic rings. The first-order valence-corrected chi connectivity index (χ1v) is 9.37. The first-order chi connectivity index (χ1) is 12.0. The van der Waals surface area contributed by atoms with Crippen molar-refractivity contribution in [1.82, 2.24) is 0 Å². The van der Waals surface area contributed by atoms with Crippen LogP contribution in [0.2, 0.25) is 0 Å². The van der Waals surface area contributed by atoms with Crippen molar-refractivity contribution in [3.63, 3.8) is 0 Å². The number of hydrogen-bond acceptors (Lipinski definition) is 3. The lowest BCUT2D eigenvalue weighted by Gasteiger charge is -2.32. The molecule has 4 nitrogen and oxygen atoms in total. The number of nitrogens with zero attached hydrogens (tertiary/aromatic N) is 1. The van der Waals surface area contributed by atoms with Crippen molar-refractivity contribution in [3.05, 3.63) is 74.3 Å². The Bertz CT molecular complexity index is 922. The van der Waals surface area contributed by atoms with Crippen LogP contribution in [0.1, 0.15) is 17.9 Å². The fourth-order valence-electron chi connectivity index (χ4n) is 3.38. The molecule has 0 saturated heterocycles. The molecule has 0 bridgehead atoms. The summed E-state index contributed by atoms with van der Waals surface area (Å²) in [6, 6.07) is 15.2. The van der Waals surface area contributed by atoms with Crippen LogP contribution >= 0.6 is 31.9 Å². The van der Waals surface area contributed by atoms with Crippen molar-refractivity contribution < 1.29 is 14.3 Å². The molecule has 4 rings (SSSR count). The van der Waals surface area contributed by atoms with Crippen LogP contribution in [-0.4, -0.2) is 18.5 Å². The third-order valence-corrected chi connectivity index (χ3v) is 5.42. The molecule has 0 fully saturated rings. The van der Waals surface area contributed by atoms with Crippen LogP contribution in [0, 0.1) is 0 Å². The first-order valence-electron chi connectivity index (χ1n) is 7.79. The molecule has 2 aliphatic rings. The average molecular weight is 463 g/mol. The van der Waals surface area contributed by atoms with Gasteiger partial charge in [0.15, 0.2) is 0 Å². The number of rotatable bonds is 2.